The van der Waals surface area contributed by atoms with Crippen LogP contribution < -0.4 is 0 Å². The predicted molar refractivity (Wildman–Crippen MR) is 84.9 cm³/mol. The molecule has 0 bridgehead atoms. The fourth-order valence-corrected chi connectivity index (χ4v) is 2.20. The Kier molecular flexibility index (Phi) is 9.50. The van der Waals surface area contributed by atoms with Gasteiger partial charge in [0.2, 0.25) is 0 Å². The van der Waals surface area contributed by atoms with Gasteiger partial charge in [0.05, 0.1) is 11.9 Å². The summed E-state index contributed by atoms with van der Waals surface area (Å²) in [5, 5.41) is 8.87. The third-order valence-corrected chi connectivity index (χ3v) is 3.44. The minimum atomic E-state index is 0.574. The summed E-state index contributed by atoms with van der Waals surface area (Å²) >= 11 is 8.98. The first kappa shape index (κ1) is 18.3. The van der Waals surface area contributed by atoms with Gasteiger partial charge in [0, 0.05) is 30.7 Å². The van der Waals surface area contributed by atoms with Crippen molar-refractivity contribution in [1.82, 2.24) is 14.9 Å². The van der Waals surface area contributed by atoms with Crippen molar-refractivity contribution < 1.29 is 15.1 Å². The molecule has 1 aromatic heterocycles. The van der Waals surface area contributed by atoms with Crippen LogP contribution in [0.5, 0.6) is 0 Å². The van der Waals surface area contributed by atoms with Gasteiger partial charge >= 0.3 is 25.2 Å². The van der Waals surface area contributed by atoms with Crippen LogP contribution in [0.3, 0.4) is 0 Å². The molecule has 119 valence electrons. The van der Waals surface area contributed by atoms with Crippen LogP contribution in [-0.2, 0) is 27.7 Å². The van der Waals surface area contributed by atoms with Crippen molar-refractivity contribution in [3.05, 3.63) is 24.3 Å². The fraction of sp³-hybridized carbons (Fsp3) is 0.538. The van der Waals surface area contributed by atoms with Gasteiger partial charge in [-0.15, -0.1) is 0 Å². The zero-order valence-electron chi connectivity index (χ0n) is 11.8. The number of hydrogen-bond acceptors (Lipinski definition) is 5. The number of amidine groups is 1. The molecule has 0 aromatic carbocycles. The Labute approximate surface area is 143 Å². The van der Waals surface area contributed by atoms with Gasteiger partial charge in [-0.1, -0.05) is 12.8 Å². The van der Waals surface area contributed by atoms with Gasteiger partial charge in [0.15, 0.2) is 0 Å². The van der Waals surface area contributed by atoms with Crippen LogP contribution in [-0.4, -0.2) is 38.8 Å². The van der Waals surface area contributed by atoms with E-state index in [0.29, 0.717) is 5.17 Å². The molecule has 8 heteroatoms. The van der Waals surface area contributed by atoms with Gasteiger partial charge in [-0.05, 0) is 19.8 Å². The molecule has 1 fully saturated rings. The van der Waals surface area contributed by atoms with Gasteiger partial charge in [-0.25, -0.2) is 0 Å². The van der Waals surface area contributed by atoms with E-state index in [9.17, 15) is 0 Å². The van der Waals surface area contributed by atoms with Crippen molar-refractivity contribution in [3.8, 4) is 0 Å². The Morgan fingerprint density at radius 3 is 2.43 bits per heavy atom. The summed E-state index contributed by atoms with van der Waals surface area (Å²) in [6.07, 6.45) is 9.87. The molecule has 0 unspecified atom stereocenters. The summed E-state index contributed by atoms with van der Waals surface area (Å²) in [6.45, 7) is 3.84. The SMILES string of the molecule is C/C(=N\N=C(/[S-])N1CCCCCC1)c1cnccn1.[Cl][Cu+]. The summed E-state index contributed by atoms with van der Waals surface area (Å²) in [4.78, 5) is 10.3. The van der Waals surface area contributed by atoms with E-state index in [4.69, 9.17) is 12.6 Å². The maximum absolute atomic E-state index is 5.32. The third-order valence-electron chi connectivity index (χ3n) is 3.10. The number of aromatic nitrogens is 2. The zero-order chi connectivity index (χ0) is 15.5. The second-order valence-corrected chi connectivity index (χ2v) is 4.93. The van der Waals surface area contributed by atoms with Crippen LogP contribution in [0.15, 0.2) is 28.8 Å². The molecule has 0 amide bonds. The van der Waals surface area contributed by atoms with E-state index in [1.165, 1.54) is 25.7 Å². The van der Waals surface area contributed by atoms with E-state index in [2.05, 4.69) is 50.3 Å². The second kappa shape index (κ2) is 10.9. The normalized spacial score (nSPS) is 16.9. The third kappa shape index (κ3) is 6.69. The second-order valence-electron chi connectivity index (χ2n) is 4.56. The Balaban J connectivity index is 0.00000106. The standard InChI is InChI=1S/C13H19N5S.ClH.Cu/c1-11(12-10-14-6-7-15-12)16-17-13(19)18-8-4-2-3-5-9-18;;/h6-7,10H,2-5,8-9H2,1H3,(H,17,19);1H;/q;;+2/p-2/b16-11+;;. The summed E-state index contributed by atoms with van der Waals surface area (Å²) in [5.41, 5.74) is 1.45. The number of likely N-dealkylation sites (tertiary alicyclic amines) is 1. The van der Waals surface area contributed by atoms with Gasteiger partial charge < -0.3 is 17.5 Å². The quantitative estimate of drug-likeness (QED) is 0.262. The van der Waals surface area contributed by atoms with Crippen molar-refractivity contribution in [2.45, 2.75) is 32.6 Å². The Hall–Kier alpha value is -0.751. The Morgan fingerprint density at radius 2 is 1.86 bits per heavy atom. The number of rotatable bonds is 2. The monoisotopic (exact) mass is 374 g/mol. The first-order valence-corrected chi connectivity index (χ1v) is 8.40. The Bertz CT molecular complexity index is 461. The summed E-state index contributed by atoms with van der Waals surface area (Å²) < 4.78 is 0. The van der Waals surface area contributed by atoms with Gasteiger partial charge in [0.25, 0.3) is 0 Å². The molecule has 1 aromatic rings. The van der Waals surface area contributed by atoms with Crippen LogP contribution in [0.1, 0.15) is 38.3 Å². The molecule has 1 saturated heterocycles. The van der Waals surface area contributed by atoms with E-state index in [0.717, 1.165) is 24.5 Å². The average Bonchev–Trinajstić information content (AvgIpc) is 2.84. The molecule has 0 N–H and O–H groups in total. The maximum atomic E-state index is 5.32. The minimum absolute atomic E-state index is 0.574. The summed E-state index contributed by atoms with van der Waals surface area (Å²) in [7, 11) is 4.20. The van der Waals surface area contributed by atoms with Crippen LogP contribution >= 0.6 is 10.1 Å². The summed E-state index contributed by atoms with van der Waals surface area (Å²) in [6, 6.07) is 0. The molecule has 0 radical (unpaired) electrons. The van der Waals surface area contributed by atoms with Gasteiger partial charge in [-0.3, -0.25) is 9.97 Å². The fourth-order valence-electron chi connectivity index (χ4n) is 1.98. The molecule has 0 saturated carbocycles. The topological polar surface area (TPSA) is 53.7 Å². The van der Waals surface area contributed by atoms with Gasteiger partial charge in [-0.2, -0.15) is 10.2 Å². The molecule has 2 rings (SSSR count). The molecule has 21 heavy (non-hydrogen) atoms. The van der Waals surface area contributed by atoms with Crippen molar-refractivity contribution in [2.75, 3.05) is 13.1 Å². The average molecular weight is 375 g/mol. The number of nitrogens with zero attached hydrogens (tertiary/aromatic N) is 5. The van der Waals surface area contributed by atoms with E-state index in [-0.39, 0.29) is 0 Å². The van der Waals surface area contributed by atoms with Crippen LogP contribution in [0.2, 0.25) is 0 Å². The Morgan fingerprint density at radius 1 is 1.19 bits per heavy atom. The summed E-state index contributed by atoms with van der Waals surface area (Å²) in [5.74, 6) is 0. The molecule has 0 atom stereocenters. The molecule has 1 aliphatic heterocycles. The van der Waals surface area contributed by atoms with Crippen LogP contribution in [0.4, 0.5) is 0 Å². The van der Waals surface area contributed by atoms with Crippen molar-refractivity contribution in [3.63, 3.8) is 0 Å². The molecule has 0 aliphatic carbocycles. The number of hydrogen-bond donors (Lipinski definition) is 0. The molecule has 5 nitrogen and oxygen atoms in total. The zero-order valence-corrected chi connectivity index (χ0v) is 14.3. The molecule has 1 aliphatic rings. The van der Waals surface area contributed by atoms with Crippen molar-refractivity contribution in [2.24, 2.45) is 10.2 Å². The predicted octanol–water partition coefficient (Wildman–Crippen LogP) is 2.67. The number of halogens is 1. The molecular weight excluding hydrogens is 357 g/mol. The van der Waals surface area contributed by atoms with E-state index in [1.54, 1.807) is 18.6 Å². The van der Waals surface area contributed by atoms with Crippen molar-refractivity contribution in [1.29, 1.82) is 0 Å². The van der Waals surface area contributed by atoms with Crippen LogP contribution in [0, 0.1) is 0 Å². The van der Waals surface area contributed by atoms with E-state index in [1.807, 2.05) is 6.92 Å². The first-order chi connectivity index (χ1) is 10.3. The van der Waals surface area contributed by atoms with Gasteiger partial charge in [0.1, 0.15) is 5.69 Å². The first-order valence-electron chi connectivity index (χ1n) is 6.69. The van der Waals surface area contributed by atoms with E-state index >= 15 is 0 Å². The molecule has 0 spiro atoms. The van der Waals surface area contributed by atoms with E-state index < -0.39 is 0 Å². The van der Waals surface area contributed by atoms with Crippen LogP contribution in [0.25, 0.3) is 0 Å². The molecular formula is C13H18ClCuN5S. The molecule has 2 heterocycles. The van der Waals surface area contributed by atoms with Crippen molar-refractivity contribution >= 4 is 33.6 Å².